The summed E-state index contributed by atoms with van der Waals surface area (Å²) >= 11 is 0. The minimum Gasteiger partial charge on any atom is -0.383 e. The first-order chi connectivity index (χ1) is 16.8. The summed E-state index contributed by atoms with van der Waals surface area (Å²) in [4.78, 5) is 46.9. The Bertz CT molecular complexity index is 1290. The quantitative estimate of drug-likeness (QED) is 0.0881. The molecule has 0 saturated carbocycles. The van der Waals surface area contributed by atoms with E-state index in [1.807, 2.05) is 0 Å². The van der Waals surface area contributed by atoms with E-state index in [9.17, 15) is 23.5 Å². The number of azide groups is 1. The highest BCUT2D eigenvalue weighted by Crippen LogP contribution is 2.66. The van der Waals surface area contributed by atoms with Crippen LogP contribution in [0.4, 0.5) is 5.82 Å². The van der Waals surface area contributed by atoms with Crippen molar-refractivity contribution in [3.8, 4) is 0 Å². The lowest BCUT2D eigenvalue weighted by Crippen LogP contribution is -2.29. The molecule has 3 rings (SSSR count). The fraction of sp³-hybridized carbons (Fsp3) is 0.538. The maximum atomic E-state index is 12.1. The summed E-state index contributed by atoms with van der Waals surface area (Å²) in [6.07, 6.45) is 0.0926. The molecule has 1 saturated heterocycles. The van der Waals surface area contributed by atoms with Crippen molar-refractivity contribution in [3.63, 3.8) is 0 Å². The van der Waals surface area contributed by atoms with Gasteiger partial charge in [0.1, 0.15) is 36.9 Å². The fourth-order valence-corrected chi connectivity index (χ4v) is 6.41. The lowest BCUT2D eigenvalue weighted by molar-refractivity contribution is -0.0582. The summed E-state index contributed by atoms with van der Waals surface area (Å²) in [5.74, 6) is 0.178. The molecule has 3 heterocycles. The SMILES string of the molecule is [N-]=[N+]=NCOC1CC(n2cc(CN)c3c(N)ncnc32)OC1COP(=O)(O)OP(=O)(O)OP(=O)(O)O. The first-order valence-electron chi connectivity index (χ1n) is 9.61. The number of ether oxygens (including phenoxy) is 2. The maximum absolute atomic E-state index is 12.1. The molecule has 0 aromatic carbocycles. The molecule has 8 N–H and O–H groups in total. The third-order valence-electron chi connectivity index (χ3n) is 4.66. The van der Waals surface area contributed by atoms with Gasteiger partial charge in [0.2, 0.25) is 0 Å². The molecule has 5 atom stereocenters. The van der Waals surface area contributed by atoms with Crippen LogP contribution in [0.1, 0.15) is 18.2 Å². The molecule has 20 nitrogen and oxygen atoms in total. The molecule has 0 spiro atoms. The van der Waals surface area contributed by atoms with Gasteiger partial charge in [0.25, 0.3) is 0 Å². The van der Waals surface area contributed by atoms with Gasteiger partial charge >= 0.3 is 23.5 Å². The minimum absolute atomic E-state index is 0.0864. The Morgan fingerprint density at radius 1 is 1.22 bits per heavy atom. The number of hydrogen-bond donors (Lipinski definition) is 6. The summed E-state index contributed by atoms with van der Waals surface area (Å²) in [5.41, 5.74) is 21.2. The number of hydrogen-bond acceptors (Lipinski definition) is 13. The van der Waals surface area contributed by atoms with Crippen molar-refractivity contribution < 1.29 is 55.9 Å². The summed E-state index contributed by atoms with van der Waals surface area (Å²) in [7, 11) is -16.7. The molecule has 0 bridgehead atoms. The monoisotopic (exact) mass is 574 g/mol. The third-order valence-corrected chi connectivity index (χ3v) is 8.46. The van der Waals surface area contributed by atoms with Crippen molar-refractivity contribution in [1.82, 2.24) is 14.5 Å². The zero-order valence-corrected chi connectivity index (χ0v) is 20.6. The molecule has 1 aliphatic rings. The van der Waals surface area contributed by atoms with Crippen LogP contribution in [0.25, 0.3) is 21.5 Å². The summed E-state index contributed by atoms with van der Waals surface area (Å²) in [5, 5.41) is 3.74. The van der Waals surface area contributed by atoms with Crippen LogP contribution in [0.5, 0.6) is 0 Å². The van der Waals surface area contributed by atoms with Crippen LogP contribution in [-0.4, -0.2) is 59.7 Å². The van der Waals surface area contributed by atoms with Crippen molar-refractivity contribution in [2.45, 2.75) is 31.4 Å². The summed E-state index contributed by atoms with van der Waals surface area (Å²) in [6, 6.07) is 0. The zero-order chi connectivity index (χ0) is 26.7. The molecule has 0 aliphatic carbocycles. The van der Waals surface area contributed by atoms with Crippen molar-refractivity contribution in [1.29, 1.82) is 0 Å². The van der Waals surface area contributed by atoms with E-state index in [1.165, 1.54) is 6.33 Å². The van der Waals surface area contributed by atoms with Gasteiger partial charge in [-0.2, -0.15) is 8.62 Å². The number of fused-ring (bicyclic) bond motifs is 1. The number of aromatic nitrogens is 3. The Labute approximate surface area is 201 Å². The molecule has 36 heavy (non-hydrogen) atoms. The van der Waals surface area contributed by atoms with Crippen molar-refractivity contribution >= 4 is 40.3 Å². The van der Waals surface area contributed by atoms with Crippen molar-refractivity contribution in [2.75, 3.05) is 19.1 Å². The second-order valence-electron chi connectivity index (χ2n) is 7.04. The Morgan fingerprint density at radius 2 is 1.94 bits per heavy atom. The highest BCUT2D eigenvalue weighted by atomic mass is 31.3. The molecule has 2 aromatic heterocycles. The van der Waals surface area contributed by atoms with E-state index in [1.54, 1.807) is 10.8 Å². The van der Waals surface area contributed by atoms with Crippen LogP contribution in [0.15, 0.2) is 17.6 Å². The van der Waals surface area contributed by atoms with E-state index in [0.29, 0.717) is 16.6 Å². The second kappa shape index (κ2) is 11.2. The average molecular weight is 574 g/mol. The Kier molecular flexibility index (Phi) is 8.88. The third kappa shape index (κ3) is 7.29. The molecule has 0 radical (unpaired) electrons. The van der Waals surface area contributed by atoms with Gasteiger partial charge in [0, 0.05) is 24.1 Å². The molecule has 2 aromatic rings. The average Bonchev–Trinajstić information content (AvgIpc) is 3.32. The lowest BCUT2D eigenvalue weighted by Gasteiger charge is -2.21. The predicted molar refractivity (Wildman–Crippen MR) is 117 cm³/mol. The molecule has 1 aliphatic heterocycles. The number of nitrogens with two attached hydrogens (primary N) is 2. The highest BCUT2D eigenvalue weighted by molar-refractivity contribution is 7.66. The van der Waals surface area contributed by atoms with Gasteiger partial charge in [-0.25, -0.2) is 23.7 Å². The number of phosphoric acid groups is 3. The maximum Gasteiger partial charge on any atom is 0.490 e. The Morgan fingerprint density at radius 3 is 2.58 bits per heavy atom. The summed E-state index contributed by atoms with van der Waals surface area (Å²) in [6.45, 7) is -1.11. The second-order valence-corrected chi connectivity index (χ2v) is 11.5. The van der Waals surface area contributed by atoms with E-state index in [-0.39, 0.29) is 18.8 Å². The largest absolute Gasteiger partial charge is 0.490 e. The number of rotatable bonds is 12. The van der Waals surface area contributed by atoms with Crippen molar-refractivity contribution in [2.24, 2.45) is 10.8 Å². The van der Waals surface area contributed by atoms with Gasteiger partial charge in [-0.1, -0.05) is 5.11 Å². The number of phosphoric ester groups is 1. The van der Waals surface area contributed by atoms with Crippen LogP contribution in [0, 0.1) is 0 Å². The highest BCUT2D eigenvalue weighted by Gasteiger charge is 2.43. The van der Waals surface area contributed by atoms with Gasteiger partial charge in [0.15, 0.2) is 0 Å². The van der Waals surface area contributed by atoms with Crippen LogP contribution in [0.2, 0.25) is 0 Å². The molecule has 1 fully saturated rings. The van der Waals surface area contributed by atoms with Crippen LogP contribution in [-0.2, 0) is 42.9 Å². The zero-order valence-electron chi connectivity index (χ0n) is 17.9. The molecular weight excluding hydrogens is 553 g/mol. The van der Waals surface area contributed by atoms with E-state index in [2.05, 4.69) is 33.1 Å². The molecule has 0 amide bonds. The van der Waals surface area contributed by atoms with E-state index in [4.69, 9.17) is 36.3 Å². The van der Waals surface area contributed by atoms with Gasteiger partial charge in [-0.3, -0.25) is 4.52 Å². The van der Waals surface area contributed by atoms with Crippen LogP contribution in [0.3, 0.4) is 0 Å². The van der Waals surface area contributed by atoms with Crippen molar-refractivity contribution in [3.05, 3.63) is 28.5 Å². The van der Waals surface area contributed by atoms with Gasteiger partial charge in [-0.15, -0.1) is 0 Å². The Balaban J connectivity index is 1.79. The topological polar surface area (TPSA) is 310 Å². The van der Waals surface area contributed by atoms with Gasteiger partial charge in [0.05, 0.1) is 18.1 Å². The first kappa shape index (κ1) is 28.6. The van der Waals surface area contributed by atoms with Crippen LogP contribution >= 0.6 is 23.5 Å². The van der Waals surface area contributed by atoms with E-state index < -0.39 is 55.2 Å². The number of nitrogens with zero attached hydrogens (tertiary/aromatic N) is 6. The molecule has 200 valence electrons. The molecule has 23 heteroatoms. The van der Waals surface area contributed by atoms with E-state index in [0.717, 1.165) is 0 Å². The molecular formula is C13H21N8O12P3. The molecule has 5 unspecified atom stereocenters. The fourth-order valence-electron chi connectivity index (χ4n) is 3.38. The first-order valence-corrected chi connectivity index (χ1v) is 14.1. The van der Waals surface area contributed by atoms with Gasteiger partial charge in [-0.05, 0) is 11.1 Å². The predicted octanol–water partition coefficient (Wildman–Crippen LogP) is 0.756. The standard InChI is InChI=1S/C13H21N8O12P3/c14-2-7-3-21(13-11(7)12(15)17-5-18-13)10-1-8(29-6-19-20-16)9(31-10)4-30-35(25,26)33-36(27,28)32-34(22,23)24/h3,5,8-10H,1-2,4,6,14H2,(H,25,26)(H,27,28)(H2,15,17,18)(H2,22,23,24). The van der Waals surface area contributed by atoms with Gasteiger partial charge < -0.3 is 45.1 Å². The minimum atomic E-state index is -5.70. The number of anilines is 1. The van der Waals surface area contributed by atoms with E-state index >= 15 is 0 Å². The lowest BCUT2D eigenvalue weighted by atomic mass is 10.2. The summed E-state index contributed by atoms with van der Waals surface area (Å²) < 4.78 is 59.2. The van der Waals surface area contributed by atoms with Crippen LogP contribution < -0.4 is 11.5 Å². The smallest absolute Gasteiger partial charge is 0.383 e. The number of nitrogen functional groups attached to an aromatic ring is 1. The normalized spacial score (nSPS) is 23.8. The Hall–Kier alpha value is -1.98.